The Morgan fingerprint density at radius 1 is 0.875 bits per heavy atom. The third-order valence-corrected chi connectivity index (χ3v) is 13.2. The van der Waals surface area contributed by atoms with Gasteiger partial charge in [-0.15, -0.1) is 0 Å². The van der Waals surface area contributed by atoms with Crippen molar-refractivity contribution in [1.82, 2.24) is 45.6 Å². The molecule has 3 saturated heterocycles. The predicted molar refractivity (Wildman–Crippen MR) is 246 cm³/mol. The number of hydrogen-bond donors (Lipinski definition) is 3. The molecule has 0 radical (unpaired) electrons. The summed E-state index contributed by atoms with van der Waals surface area (Å²) in [5, 5.41) is 10.4. The van der Waals surface area contributed by atoms with Crippen molar-refractivity contribution in [1.29, 1.82) is 0 Å². The summed E-state index contributed by atoms with van der Waals surface area (Å²) < 4.78 is 5.25. The number of aromatic nitrogens is 6. The first-order valence-electron chi connectivity index (χ1n) is 22.5. The summed E-state index contributed by atoms with van der Waals surface area (Å²) in [6.45, 7) is 19.1. The molecule has 1 unspecified atom stereocenters. The monoisotopic (exact) mass is 863 g/mol. The summed E-state index contributed by atoms with van der Waals surface area (Å²) in [6, 6.07) is 18.6. The standard InChI is InChI=1S/C49H57N11O4/c1-29-23-33(7-10-36(29)31(3)53-46(63)47-56-48(57-64-47)49(4,5)6)43-39-25-41(54-44(39)52-28-51-43)40-13-9-35(26-50-40)60-21-19-58(20-22-60)27-32-15-17-59(18-16-32)34-8-11-37(30(2)24-34)38-12-14-42(61)55-45(38)62/h7-11,13,23-26,28,31-32,38H,12,14-22,27H2,1-6H3,(H,53,63)(H,51,52,54)(H,55,61,62)/t31-,38?/m1/s1. The van der Waals surface area contributed by atoms with E-state index < -0.39 is 5.91 Å². The first kappa shape index (κ1) is 42.8. The zero-order chi connectivity index (χ0) is 44.7. The lowest BCUT2D eigenvalue weighted by Gasteiger charge is -2.40. The maximum Gasteiger partial charge on any atom is 0.315 e. The molecule has 3 aliphatic heterocycles. The zero-order valence-electron chi connectivity index (χ0n) is 37.6. The second-order valence-corrected chi connectivity index (χ2v) is 18.8. The van der Waals surface area contributed by atoms with Gasteiger partial charge < -0.3 is 24.6 Å². The highest BCUT2D eigenvalue weighted by Gasteiger charge is 2.30. The van der Waals surface area contributed by atoms with Crippen molar-refractivity contribution < 1.29 is 18.9 Å². The first-order valence-corrected chi connectivity index (χ1v) is 22.5. The van der Waals surface area contributed by atoms with Gasteiger partial charge in [-0.25, -0.2) is 9.97 Å². The van der Waals surface area contributed by atoms with Crippen LogP contribution in [-0.2, 0) is 15.0 Å². The van der Waals surface area contributed by atoms with Crippen LogP contribution in [-0.4, -0.2) is 98.5 Å². The van der Waals surface area contributed by atoms with Crippen LogP contribution in [0.4, 0.5) is 11.4 Å². The largest absolute Gasteiger partial charge is 0.372 e. The molecule has 3 aliphatic rings. The fourth-order valence-corrected chi connectivity index (χ4v) is 9.47. The molecule has 15 heteroatoms. The highest BCUT2D eigenvalue weighted by atomic mass is 16.5. The van der Waals surface area contributed by atoms with Crippen LogP contribution in [0.3, 0.4) is 0 Å². The Morgan fingerprint density at radius 3 is 2.33 bits per heavy atom. The van der Waals surface area contributed by atoms with Gasteiger partial charge in [0.1, 0.15) is 12.0 Å². The van der Waals surface area contributed by atoms with Gasteiger partial charge in [0.2, 0.25) is 11.8 Å². The third kappa shape index (κ3) is 8.99. The predicted octanol–water partition coefficient (Wildman–Crippen LogP) is 7.03. The number of carbonyl (C=O) groups excluding carboxylic acids is 3. The molecular formula is C49H57N11O4. The van der Waals surface area contributed by atoms with E-state index in [2.05, 4.69) is 99.8 Å². The number of nitrogens with one attached hydrogen (secondary N) is 3. The second kappa shape index (κ2) is 17.6. The van der Waals surface area contributed by atoms with Crippen molar-refractivity contribution >= 4 is 40.1 Å². The van der Waals surface area contributed by atoms with Gasteiger partial charge in [0.25, 0.3) is 0 Å². The first-order chi connectivity index (χ1) is 30.8. The van der Waals surface area contributed by atoms with Gasteiger partial charge in [-0.05, 0) is 105 Å². The van der Waals surface area contributed by atoms with E-state index in [1.54, 1.807) is 6.33 Å². The van der Waals surface area contributed by atoms with Crippen LogP contribution in [0.1, 0.15) is 104 Å². The van der Waals surface area contributed by atoms with Crippen LogP contribution in [0.15, 0.2) is 71.6 Å². The van der Waals surface area contributed by atoms with E-state index in [0.717, 1.165) is 120 Å². The van der Waals surface area contributed by atoms with E-state index >= 15 is 0 Å². The molecule has 332 valence electrons. The van der Waals surface area contributed by atoms with Crippen molar-refractivity contribution in [3.8, 4) is 22.6 Å². The normalized spacial score (nSPS) is 18.4. The minimum atomic E-state index is -0.411. The van der Waals surface area contributed by atoms with E-state index in [0.29, 0.717) is 24.6 Å². The summed E-state index contributed by atoms with van der Waals surface area (Å²) in [5.74, 6) is 0.0939. The lowest BCUT2D eigenvalue weighted by molar-refractivity contribution is -0.134. The van der Waals surface area contributed by atoms with Crippen LogP contribution in [0, 0.1) is 19.8 Å². The molecule has 9 rings (SSSR count). The molecule has 0 saturated carbocycles. The minimum absolute atomic E-state index is 0.0498. The molecule has 4 aromatic heterocycles. The quantitative estimate of drug-likeness (QED) is 0.120. The number of aromatic amines is 1. The van der Waals surface area contributed by atoms with Crippen LogP contribution in [0.5, 0.6) is 0 Å². The minimum Gasteiger partial charge on any atom is -0.372 e. The number of H-pyrrole nitrogens is 1. The van der Waals surface area contributed by atoms with Crippen LogP contribution >= 0.6 is 0 Å². The number of piperazine rings is 1. The molecule has 64 heavy (non-hydrogen) atoms. The Labute approximate surface area is 373 Å². The third-order valence-electron chi connectivity index (χ3n) is 13.2. The van der Waals surface area contributed by atoms with Gasteiger partial charge in [-0.1, -0.05) is 44.1 Å². The van der Waals surface area contributed by atoms with Gasteiger partial charge in [0.05, 0.1) is 40.9 Å². The number of piperidine rings is 2. The van der Waals surface area contributed by atoms with Gasteiger partial charge in [0, 0.05) is 74.3 Å². The van der Waals surface area contributed by atoms with Crippen molar-refractivity contribution in [3.05, 3.63) is 101 Å². The number of rotatable bonds is 10. The smallest absolute Gasteiger partial charge is 0.315 e. The number of imide groups is 1. The number of carbonyl (C=O) groups is 3. The number of pyridine rings is 1. The highest BCUT2D eigenvalue weighted by molar-refractivity contribution is 6.01. The Balaban J connectivity index is 0.771. The molecule has 0 spiro atoms. The van der Waals surface area contributed by atoms with Crippen LogP contribution in [0.25, 0.3) is 33.7 Å². The Bertz CT molecular complexity index is 2690. The van der Waals surface area contributed by atoms with Crippen LogP contribution < -0.4 is 20.4 Å². The summed E-state index contributed by atoms with van der Waals surface area (Å²) in [5.41, 5.74) is 10.3. The molecule has 3 fully saturated rings. The molecule has 3 N–H and O–H groups in total. The molecule has 2 atom stereocenters. The number of anilines is 2. The van der Waals surface area contributed by atoms with Gasteiger partial charge in [0.15, 0.2) is 5.82 Å². The summed E-state index contributed by atoms with van der Waals surface area (Å²) in [7, 11) is 0. The van der Waals surface area contributed by atoms with Crippen molar-refractivity contribution in [2.75, 3.05) is 55.6 Å². The molecule has 3 amide bonds. The van der Waals surface area contributed by atoms with E-state index in [-0.39, 0.29) is 35.1 Å². The molecule has 7 heterocycles. The molecular weight excluding hydrogens is 807 g/mol. The molecule has 0 bridgehead atoms. The summed E-state index contributed by atoms with van der Waals surface area (Å²) in [6.07, 6.45) is 6.85. The van der Waals surface area contributed by atoms with Gasteiger partial charge >= 0.3 is 11.8 Å². The number of fused-ring (bicyclic) bond motifs is 1. The number of nitrogens with zero attached hydrogens (tertiary/aromatic N) is 8. The molecule has 15 nitrogen and oxygen atoms in total. The van der Waals surface area contributed by atoms with Crippen molar-refractivity contribution in [3.63, 3.8) is 0 Å². The second-order valence-electron chi connectivity index (χ2n) is 18.8. The SMILES string of the molecule is Cc1cc(N2CCC(CN3CCN(c4ccc(-c5cc6c(-c7ccc([C@@H](C)NC(=O)c8nc(C(C)(C)C)no8)c(C)c7)ncnc6[nH]5)nc4)CC3)CC2)ccc1C1CCC(=O)NC1=O. The van der Waals surface area contributed by atoms with E-state index in [4.69, 9.17) is 9.51 Å². The molecule has 2 aromatic carbocycles. The van der Waals surface area contributed by atoms with Crippen molar-refractivity contribution in [2.24, 2.45) is 5.92 Å². The molecule has 6 aromatic rings. The van der Waals surface area contributed by atoms with E-state index in [1.165, 1.54) is 5.69 Å². The lowest BCUT2D eigenvalue weighted by atomic mass is 9.87. The van der Waals surface area contributed by atoms with E-state index in [9.17, 15) is 14.4 Å². The highest BCUT2D eigenvalue weighted by Crippen LogP contribution is 2.34. The number of aryl methyl sites for hydroxylation is 2. The fraction of sp³-hybridized carbons (Fsp3) is 0.429. The van der Waals surface area contributed by atoms with Crippen LogP contribution in [0.2, 0.25) is 0 Å². The van der Waals surface area contributed by atoms with Gasteiger partial charge in [-0.3, -0.25) is 29.6 Å². The fourth-order valence-electron chi connectivity index (χ4n) is 9.47. The lowest BCUT2D eigenvalue weighted by Crippen LogP contribution is -2.49. The van der Waals surface area contributed by atoms with Crippen molar-refractivity contribution in [2.45, 2.75) is 84.6 Å². The average molecular weight is 864 g/mol. The average Bonchev–Trinajstić information content (AvgIpc) is 3.97. The topological polar surface area (TPSA) is 178 Å². The Morgan fingerprint density at radius 2 is 1.64 bits per heavy atom. The maximum atomic E-state index is 12.9. The number of amides is 3. The Kier molecular flexibility index (Phi) is 11.8. The summed E-state index contributed by atoms with van der Waals surface area (Å²) >= 11 is 0. The molecule has 0 aliphatic carbocycles. The zero-order valence-corrected chi connectivity index (χ0v) is 37.6. The van der Waals surface area contributed by atoms with E-state index in [1.807, 2.05) is 52.9 Å². The summed E-state index contributed by atoms with van der Waals surface area (Å²) in [4.78, 5) is 66.5. The van der Waals surface area contributed by atoms with Gasteiger partial charge in [-0.2, -0.15) is 4.98 Å². The Hall–Kier alpha value is -6.48. The number of benzene rings is 2. The number of hydrogen-bond acceptors (Lipinski definition) is 12. The maximum absolute atomic E-state index is 12.9.